The highest BCUT2D eigenvalue weighted by Crippen LogP contribution is 2.47. The fourth-order valence-corrected chi connectivity index (χ4v) is 3.48. The lowest BCUT2D eigenvalue weighted by Gasteiger charge is -2.31. The van der Waals surface area contributed by atoms with Crippen LogP contribution in [0.5, 0.6) is 5.75 Å². The van der Waals surface area contributed by atoms with Gasteiger partial charge in [0.05, 0.1) is 13.2 Å². The van der Waals surface area contributed by atoms with Gasteiger partial charge in [-0.2, -0.15) is 0 Å². The molecule has 0 aliphatic heterocycles. The van der Waals surface area contributed by atoms with Crippen molar-refractivity contribution < 1.29 is 19.7 Å². The number of carbonyl (C=O) groups excluding carboxylic acids is 1. The number of aryl methyl sites for hydroxylation is 1. The number of carbonyl (C=O) groups is 1. The SMILES string of the molecule is COc1ccc2c(c1)CC[C@H](O)[C@@]1(O)C(=O)CC[C@@H]21. The summed E-state index contributed by atoms with van der Waals surface area (Å²) in [7, 11) is 1.61. The summed E-state index contributed by atoms with van der Waals surface area (Å²) in [6.45, 7) is 0. The minimum absolute atomic E-state index is 0.228. The van der Waals surface area contributed by atoms with E-state index >= 15 is 0 Å². The number of aliphatic hydroxyl groups is 2. The molecule has 4 heteroatoms. The third kappa shape index (κ3) is 1.70. The summed E-state index contributed by atoms with van der Waals surface area (Å²) >= 11 is 0. The molecular formula is C15H18O4. The van der Waals surface area contributed by atoms with Gasteiger partial charge in [-0.25, -0.2) is 0 Å². The molecule has 0 heterocycles. The van der Waals surface area contributed by atoms with E-state index in [0.717, 1.165) is 16.9 Å². The van der Waals surface area contributed by atoms with Crippen LogP contribution in [0.4, 0.5) is 0 Å². The number of rotatable bonds is 1. The predicted molar refractivity (Wildman–Crippen MR) is 69.3 cm³/mol. The van der Waals surface area contributed by atoms with Crippen LogP contribution in [0.15, 0.2) is 18.2 Å². The van der Waals surface area contributed by atoms with E-state index in [2.05, 4.69) is 0 Å². The van der Waals surface area contributed by atoms with Crippen LogP contribution in [0.25, 0.3) is 0 Å². The van der Waals surface area contributed by atoms with Gasteiger partial charge in [-0.1, -0.05) is 6.07 Å². The molecule has 102 valence electrons. The van der Waals surface area contributed by atoms with E-state index in [9.17, 15) is 15.0 Å². The smallest absolute Gasteiger partial charge is 0.167 e. The van der Waals surface area contributed by atoms with Crippen LogP contribution in [0.3, 0.4) is 0 Å². The third-order valence-corrected chi connectivity index (χ3v) is 4.56. The molecule has 3 atom stereocenters. The summed E-state index contributed by atoms with van der Waals surface area (Å²) in [5.74, 6) is 0.245. The lowest BCUT2D eigenvalue weighted by molar-refractivity contribution is -0.147. The molecule has 1 aromatic carbocycles. The maximum atomic E-state index is 12.0. The zero-order chi connectivity index (χ0) is 13.6. The molecule has 2 aliphatic rings. The van der Waals surface area contributed by atoms with Gasteiger partial charge in [0.1, 0.15) is 5.75 Å². The molecule has 3 rings (SSSR count). The van der Waals surface area contributed by atoms with Crippen LogP contribution in [-0.4, -0.2) is 34.8 Å². The van der Waals surface area contributed by atoms with Crippen molar-refractivity contribution in [2.24, 2.45) is 0 Å². The second-order valence-electron chi connectivity index (χ2n) is 5.46. The van der Waals surface area contributed by atoms with E-state index in [1.165, 1.54) is 0 Å². The van der Waals surface area contributed by atoms with Crippen LogP contribution in [0, 0.1) is 0 Å². The average molecular weight is 262 g/mol. The van der Waals surface area contributed by atoms with E-state index in [1.54, 1.807) is 7.11 Å². The predicted octanol–water partition coefficient (Wildman–Crippen LogP) is 1.18. The minimum Gasteiger partial charge on any atom is -0.497 e. The molecule has 0 aromatic heterocycles. The first-order valence-electron chi connectivity index (χ1n) is 6.68. The zero-order valence-electron chi connectivity index (χ0n) is 10.9. The van der Waals surface area contributed by atoms with Crippen molar-refractivity contribution in [3.63, 3.8) is 0 Å². The van der Waals surface area contributed by atoms with Crippen molar-refractivity contribution in [3.05, 3.63) is 29.3 Å². The van der Waals surface area contributed by atoms with Gasteiger partial charge in [0, 0.05) is 12.3 Å². The van der Waals surface area contributed by atoms with E-state index in [-0.39, 0.29) is 11.7 Å². The first kappa shape index (κ1) is 12.6. The minimum atomic E-state index is -1.60. The molecule has 0 amide bonds. The maximum Gasteiger partial charge on any atom is 0.167 e. The summed E-state index contributed by atoms with van der Waals surface area (Å²) in [4.78, 5) is 12.0. The fraction of sp³-hybridized carbons (Fsp3) is 0.533. The van der Waals surface area contributed by atoms with Crippen LogP contribution >= 0.6 is 0 Å². The van der Waals surface area contributed by atoms with Gasteiger partial charge in [0.2, 0.25) is 0 Å². The van der Waals surface area contributed by atoms with Gasteiger partial charge in [-0.05, 0) is 42.5 Å². The normalized spacial score (nSPS) is 33.5. The second-order valence-corrected chi connectivity index (χ2v) is 5.46. The monoisotopic (exact) mass is 262 g/mol. The third-order valence-electron chi connectivity index (χ3n) is 4.56. The molecular weight excluding hydrogens is 244 g/mol. The highest BCUT2D eigenvalue weighted by Gasteiger charge is 2.55. The molecule has 1 fully saturated rings. The number of aliphatic hydroxyl groups excluding tert-OH is 1. The number of benzene rings is 1. The van der Waals surface area contributed by atoms with Crippen molar-refractivity contribution in [3.8, 4) is 5.75 Å². The van der Waals surface area contributed by atoms with Gasteiger partial charge in [-0.15, -0.1) is 0 Å². The summed E-state index contributed by atoms with van der Waals surface area (Å²) in [5.41, 5.74) is 0.444. The Hall–Kier alpha value is -1.39. The largest absolute Gasteiger partial charge is 0.497 e. The highest BCUT2D eigenvalue weighted by molar-refractivity contribution is 5.91. The number of ketones is 1. The number of Topliss-reactive ketones (excluding diaryl/α,β-unsaturated/α-hetero) is 1. The topological polar surface area (TPSA) is 66.8 Å². The van der Waals surface area contributed by atoms with Gasteiger partial charge >= 0.3 is 0 Å². The second kappa shape index (κ2) is 4.32. The quantitative estimate of drug-likeness (QED) is 0.797. The van der Waals surface area contributed by atoms with E-state index < -0.39 is 11.7 Å². The molecule has 0 bridgehead atoms. The lowest BCUT2D eigenvalue weighted by Crippen LogP contribution is -2.49. The van der Waals surface area contributed by atoms with Crippen molar-refractivity contribution in [2.75, 3.05) is 7.11 Å². The van der Waals surface area contributed by atoms with Crippen LogP contribution in [0.2, 0.25) is 0 Å². The van der Waals surface area contributed by atoms with E-state index in [1.807, 2.05) is 18.2 Å². The Kier molecular flexibility index (Phi) is 2.87. The molecule has 0 spiro atoms. The van der Waals surface area contributed by atoms with Gasteiger partial charge in [0.25, 0.3) is 0 Å². The maximum absolute atomic E-state index is 12.0. The molecule has 1 aromatic rings. The Morgan fingerprint density at radius 2 is 2.11 bits per heavy atom. The van der Waals surface area contributed by atoms with Gasteiger partial charge in [0.15, 0.2) is 11.4 Å². The molecule has 19 heavy (non-hydrogen) atoms. The number of ether oxygens (including phenoxy) is 1. The Bertz CT molecular complexity index is 525. The Labute approximate surface area is 112 Å². The van der Waals surface area contributed by atoms with Crippen LogP contribution in [-0.2, 0) is 11.2 Å². The van der Waals surface area contributed by atoms with Gasteiger partial charge < -0.3 is 14.9 Å². The number of hydrogen-bond donors (Lipinski definition) is 2. The molecule has 2 N–H and O–H groups in total. The van der Waals surface area contributed by atoms with Crippen molar-refractivity contribution in [1.82, 2.24) is 0 Å². The highest BCUT2D eigenvalue weighted by atomic mass is 16.5. The van der Waals surface area contributed by atoms with E-state index in [0.29, 0.717) is 25.7 Å². The molecule has 1 saturated carbocycles. The van der Waals surface area contributed by atoms with Crippen LogP contribution < -0.4 is 4.74 Å². The molecule has 0 unspecified atom stereocenters. The summed E-state index contributed by atoms with van der Waals surface area (Å²) in [5, 5.41) is 20.9. The molecule has 0 radical (unpaired) electrons. The van der Waals surface area contributed by atoms with E-state index in [4.69, 9.17) is 4.74 Å². The van der Waals surface area contributed by atoms with Crippen molar-refractivity contribution in [2.45, 2.75) is 43.3 Å². The van der Waals surface area contributed by atoms with Gasteiger partial charge in [-0.3, -0.25) is 4.79 Å². The number of hydrogen-bond acceptors (Lipinski definition) is 4. The molecule has 0 saturated heterocycles. The standard InChI is InChI=1S/C15H18O4/c1-19-10-3-4-11-9(8-10)2-6-13(16)15(18)12(11)5-7-14(15)17/h3-4,8,12-13,16,18H,2,5-7H2,1H3/t12-,13-,15+/m0/s1. The number of fused-ring (bicyclic) bond motifs is 3. The van der Waals surface area contributed by atoms with Crippen molar-refractivity contribution >= 4 is 5.78 Å². The summed E-state index contributed by atoms with van der Waals surface area (Å²) in [6, 6.07) is 5.71. The summed E-state index contributed by atoms with van der Waals surface area (Å²) < 4.78 is 5.21. The first-order chi connectivity index (χ1) is 9.07. The Morgan fingerprint density at radius 1 is 1.32 bits per heavy atom. The average Bonchev–Trinajstić information content (AvgIpc) is 2.67. The zero-order valence-corrected chi connectivity index (χ0v) is 10.9. The first-order valence-corrected chi connectivity index (χ1v) is 6.68. The lowest BCUT2D eigenvalue weighted by atomic mass is 9.81. The molecule has 2 aliphatic carbocycles. The number of methoxy groups -OCH3 is 1. The fourth-order valence-electron chi connectivity index (χ4n) is 3.48. The Morgan fingerprint density at radius 3 is 2.84 bits per heavy atom. The molecule has 4 nitrogen and oxygen atoms in total. The Balaban J connectivity index is 2.12. The van der Waals surface area contributed by atoms with Crippen molar-refractivity contribution in [1.29, 1.82) is 0 Å². The van der Waals surface area contributed by atoms with Crippen LogP contribution in [0.1, 0.15) is 36.3 Å². The summed E-state index contributed by atoms with van der Waals surface area (Å²) in [6.07, 6.45) is 1.01.